The minimum Gasteiger partial charge on any atom is -0.361 e. The van der Waals surface area contributed by atoms with Gasteiger partial charge in [0.05, 0.1) is 12.1 Å². The van der Waals surface area contributed by atoms with E-state index in [-0.39, 0.29) is 5.41 Å². The van der Waals surface area contributed by atoms with Crippen LogP contribution in [0.3, 0.4) is 0 Å². The minimum atomic E-state index is -0.929. The van der Waals surface area contributed by atoms with Crippen molar-refractivity contribution in [1.82, 2.24) is 14.8 Å². The number of halogens is 2. The maximum absolute atomic E-state index is 14.4. The molecule has 4 nitrogen and oxygen atoms in total. The zero-order valence-corrected chi connectivity index (χ0v) is 13.1. The molecule has 3 rings (SSSR count). The van der Waals surface area contributed by atoms with Gasteiger partial charge in [-0.05, 0) is 19.9 Å². The Balaban J connectivity index is 2.12. The highest BCUT2D eigenvalue weighted by molar-refractivity contribution is 5.33. The van der Waals surface area contributed by atoms with Crippen molar-refractivity contribution in [2.24, 2.45) is 5.41 Å². The second kappa shape index (κ2) is 4.59. The van der Waals surface area contributed by atoms with E-state index in [0.29, 0.717) is 12.1 Å². The number of hydrogen-bond donors (Lipinski definition) is 0. The van der Waals surface area contributed by atoms with E-state index in [0.717, 1.165) is 6.07 Å². The molecule has 1 saturated heterocycles. The average Bonchev–Trinajstić information content (AvgIpc) is 2.90. The first-order valence-electron chi connectivity index (χ1n) is 7.18. The van der Waals surface area contributed by atoms with Crippen LogP contribution in [0.4, 0.5) is 8.78 Å². The molecule has 1 aliphatic rings. The van der Waals surface area contributed by atoms with Gasteiger partial charge >= 0.3 is 0 Å². The van der Waals surface area contributed by atoms with Crippen molar-refractivity contribution >= 4 is 0 Å². The zero-order valence-electron chi connectivity index (χ0n) is 13.1. The Bertz CT molecular complexity index is 697. The number of aromatic nitrogens is 3. The fourth-order valence-electron chi connectivity index (χ4n) is 3.20. The lowest BCUT2D eigenvalue weighted by Gasteiger charge is -2.66. The lowest BCUT2D eigenvalue weighted by Crippen LogP contribution is -2.71. The van der Waals surface area contributed by atoms with Gasteiger partial charge in [0.25, 0.3) is 0 Å². The summed E-state index contributed by atoms with van der Waals surface area (Å²) in [5.74, 6) is -1.21. The van der Waals surface area contributed by atoms with Crippen LogP contribution < -0.4 is 0 Å². The molecule has 0 amide bonds. The van der Waals surface area contributed by atoms with E-state index in [1.54, 1.807) is 11.0 Å². The van der Waals surface area contributed by atoms with Crippen molar-refractivity contribution in [3.8, 4) is 0 Å². The summed E-state index contributed by atoms with van der Waals surface area (Å²) < 4.78 is 35.5. The molecular weight excluding hydrogens is 288 g/mol. The summed E-state index contributed by atoms with van der Waals surface area (Å²) in [6.45, 7) is 8.29. The lowest BCUT2D eigenvalue weighted by atomic mass is 9.56. The largest absolute Gasteiger partial charge is 0.361 e. The van der Waals surface area contributed by atoms with E-state index in [9.17, 15) is 8.78 Å². The van der Waals surface area contributed by atoms with Gasteiger partial charge in [-0.1, -0.05) is 19.9 Å². The van der Waals surface area contributed by atoms with Crippen LogP contribution in [-0.4, -0.2) is 20.4 Å². The standard InChI is InChI=1S/C16H19F2N3O/c1-14(2)15(3,4)22-16(14,8-21-10-19-9-20-21)12-6-5-11(17)7-13(12)18/h5-7,9-10H,8H2,1-4H3. The summed E-state index contributed by atoms with van der Waals surface area (Å²) in [4.78, 5) is 3.92. The molecule has 0 aliphatic carbocycles. The third kappa shape index (κ3) is 1.90. The fraction of sp³-hybridized carbons (Fsp3) is 0.500. The van der Waals surface area contributed by atoms with Crippen molar-refractivity contribution < 1.29 is 13.5 Å². The third-order valence-corrected chi connectivity index (χ3v) is 5.16. The monoisotopic (exact) mass is 307 g/mol. The first kappa shape index (κ1) is 15.1. The van der Waals surface area contributed by atoms with Gasteiger partial charge in [0, 0.05) is 17.0 Å². The quantitative estimate of drug-likeness (QED) is 0.873. The summed E-state index contributed by atoms with van der Waals surface area (Å²) in [6, 6.07) is 3.61. The van der Waals surface area contributed by atoms with Crippen LogP contribution in [0.2, 0.25) is 0 Å². The van der Waals surface area contributed by atoms with Crippen LogP contribution in [0.1, 0.15) is 33.3 Å². The first-order valence-corrected chi connectivity index (χ1v) is 7.18. The van der Waals surface area contributed by atoms with E-state index >= 15 is 0 Å². The molecule has 0 bridgehead atoms. The van der Waals surface area contributed by atoms with E-state index < -0.39 is 22.8 Å². The van der Waals surface area contributed by atoms with Gasteiger partial charge in [-0.2, -0.15) is 5.10 Å². The molecular formula is C16H19F2N3O. The molecule has 0 radical (unpaired) electrons. The molecule has 118 valence electrons. The van der Waals surface area contributed by atoms with Gasteiger partial charge in [-0.15, -0.1) is 0 Å². The molecule has 0 spiro atoms. The molecule has 1 unspecified atom stereocenters. The highest BCUT2D eigenvalue weighted by atomic mass is 19.1. The summed E-state index contributed by atoms with van der Waals surface area (Å²) in [5, 5.41) is 4.10. The van der Waals surface area contributed by atoms with Gasteiger partial charge in [0.1, 0.15) is 29.9 Å². The van der Waals surface area contributed by atoms with Gasteiger partial charge < -0.3 is 4.74 Å². The summed E-state index contributed by atoms with van der Waals surface area (Å²) in [6.07, 6.45) is 2.99. The highest BCUT2D eigenvalue weighted by Crippen LogP contribution is 2.63. The topological polar surface area (TPSA) is 39.9 Å². The highest BCUT2D eigenvalue weighted by Gasteiger charge is 2.68. The second-order valence-electron chi connectivity index (χ2n) is 6.78. The van der Waals surface area contributed by atoms with Gasteiger partial charge in [-0.3, -0.25) is 0 Å². The number of benzene rings is 1. The molecule has 2 heterocycles. The SMILES string of the molecule is CC1(C)OC(Cn2cncn2)(c2ccc(F)cc2F)C1(C)C. The van der Waals surface area contributed by atoms with E-state index in [2.05, 4.69) is 10.1 Å². The maximum atomic E-state index is 14.4. The predicted molar refractivity (Wildman–Crippen MR) is 77.0 cm³/mol. The molecule has 1 fully saturated rings. The molecule has 0 N–H and O–H groups in total. The Morgan fingerprint density at radius 2 is 1.91 bits per heavy atom. The fourth-order valence-corrected chi connectivity index (χ4v) is 3.20. The third-order valence-electron chi connectivity index (χ3n) is 5.16. The first-order chi connectivity index (χ1) is 10.2. The number of nitrogens with zero attached hydrogens (tertiary/aromatic N) is 3. The molecule has 22 heavy (non-hydrogen) atoms. The number of ether oxygens (including phenoxy) is 1. The van der Waals surface area contributed by atoms with Crippen molar-refractivity contribution in [1.29, 1.82) is 0 Å². The van der Waals surface area contributed by atoms with E-state index in [4.69, 9.17) is 4.74 Å². The minimum absolute atomic E-state index is 0.311. The number of rotatable bonds is 3. The smallest absolute Gasteiger partial charge is 0.137 e. The molecule has 1 atom stereocenters. The zero-order chi connectivity index (χ0) is 16.2. The molecule has 1 aliphatic heterocycles. The van der Waals surface area contributed by atoms with Crippen LogP contribution in [0, 0.1) is 17.0 Å². The van der Waals surface area contributed by atoms with Crippen LogP contribution in [0.5, 0.6) is 0 Å². The Kier molecular flexibility index (Phi) is 3.15. The van der Waals surface area contributed by atoms with Crippen LogP contribution in [-0.2, 0) is 16.9 Å². The number of hydrogen-bond acceptors (Lipinski definition) is 3. The normalized spacial score (nSPS) is 25.7. The summed E-state index contributed by atoms with van der Waals surface area (Å²) >= 11 is 0. The van der Waals surface area contributed by atoms with Crippen molar-refractivity contribution in [3.05, 3.63) is 48.1 Å². The second-order valence-corrected chi connectivity index (χ2v) is 6.78. The Labute approximate surface area is 128 Å². The van der Waals surface area contributed by atoms with Gasteiger partial charge in [0.2, 0.25) is 0 Å². The van der Waals surface area contributed by atoms with E-state index in [1.165, 1.54) is 18.5 Å². The van der Waals surface area contributed by atoms with Crippen molar-refractivity contribution in [2.45, 2.75) is 45.4 Å². The van der Waals surface area contributed by atoms with Crippen LogP contribution in [0.15, 0.2) is 30.9 Å². The van der Waals surface area contributed by atoms with E-state index in [1.807, 2.05) is 27.7 Å². The molecule has 1 aromatic heterocycles. The van der Waals surface area contributed by atoms with Crippen LogP contribution in [0.25, 0.3) is 0 Å². The van der Waals surface area contributed by atoms with Gasteiger partial charge in [0.15, 0.2) is 0 Å². The van der Waals surface area contributed by atoms with Gasteiger partial charge in [-0.25, -0.2) is 18.4 Å². The lowest BCUT2D eigenvalue weighted by molar-refractivity contribution is -0.371. The summed E-state index contributed by atoms with van der Waals surface area (Å²) in [7, 11) is 0. The van der Waals surface area contributed by atoms with Crippen molar-refractivity contribution in [2.75, 3.05) is 0 Å². The Morgan fingerprint density at radius 3 is 2.41 bits per heavy atom. The maximum Gasteiger partial charge on any atom is 0.137 e. The molecule has 6 heteroatoms. The summed E-state index contributed by atoms with van der Waals surface area (Å²) in [5.41, 5.74) is -1.41. The molecule has 0 saturated carbocycles. The molecule has 2 aromatic rings. The Morgan fingerprint density at radius 1 is 1.18 bits per heavy atom. The Hall–Kier alpha value is -1.82. The average molecular weight is 307 g/mol. The van der Waals surface area contributed by atoms with Crippen molar-refractivity contribution in [3.63, 3.8) is 0 Å². The molecule has 1 aromatic carbocycles. The van der Waals surface area contributed by atoms with Crippen LogP contribution >= 0.6 is 0 Å². The predicted octanol–water partition coefficient (Wildman–Crippen LogP) is 3.29.